The normalized spacial score (nSPS) is 25.0. The summed E-state index contributed by atoms with van der Waals surface area (Å²) in [6, 6.07) is 6.66. The number of methoxy groups -OCH3 is 2. The second-order valence-electron chi connectivity index (χ2n) is 23.0. The number of benzene rings is 2. The Balaban J connectivity index is 1.03. The molecule has 9 atom stereocenters. The van der Waals surface area contributed by atoms with Gasteiger partial charge in [0.15, 0.2) is 11.5 Å². The van der Waals surface area contributed by atoms with Crippen LogP contribution in [0.15, 0.2) is 66.3 Å². The molecule has 0 saturated carbocycles. The number of allylic oxidation sites excluding steroid dienone is 4. The van der Waals surface area contributed by atoms with E-state index in [4.69, 9.17) is 44.8 Å². The number of rotatable bonds is 20. The van der Waals surface area contributed by atoms with Gasteiger partial charge < -0.3 is 73.8 Å². The molecule has 25 nitrogen and oxygen atoms in total. The number of halogens is 2. The lowest BCUT2D eigenvalue weighted by atomic mass is 9.83. The molecule has 3 heterocycles. The van der Waals surface area contributed by atoms with Crippen molar-refractivity contribution in [3.63, 3.8) is 0 Å². The van der Waals surface area contributed by atoms with Gasteiger partial charge in [0.1, 0.15) is 47.3 Å². The van der Waals surface area contributed by atoms with E-state index in [1.54, 1.807) is 44.2 Å². The Labute approximate surface area is 542 Å². The molecule has 28 heteroatoms. The van der Waals surface area contributed by atoms with Gasteiger partial charge in [0, 0.05) is 85.9 Å². The summed E-state index contributed by atoms with van der Waals surface area (Å²) in [6.45, 7) is 6.76. The maximum absolute atomic E-state index is 14.4. The van der Waals surface area contributed by atoms with Crippen LogP contribution in [0.2, 0.25) is 5.02 Å². The van der Waals surface area contributed by atoms with Crippen LogP contribution in [0.4, 0.5) is 30.6 Å². The van der Waals surface area contributed by atoms with E-state index in [9.17, 15) is 48.3 Å². The number of carbonyl (C=O) groups excluding carboxylic acids is 9. The fourth-order valence-corrected chi connectivity index (χ4v) is 11.7. The first-order valence-corrected chi connectivity index (χ1v) is 32.2. The molecule has 2 saturated heterocycles. The van der Waals surface area contributed by atoms with Crippen molar-refractivity contribution in [2.75, 3.05) is 83.3 Å². The van der Waals surface area contributed by atoms with Gasteiger partial charge in [-0.1, -0.05) is 101 Å². The van der Waals surface area contributed by atoms with E-state index >= 15 is 0 Å². The van der Waals surface area contributed by atoms with Crippen LogP contribution in [0.3, 0.4) is 0 Å². The van der Waals surface area contributed by atoms with E-state index < -0.39 is 101 Å². The van der Waals surface area contributed by atoms with E-state index in [1.807, 2.05) is 25.2 Å². The molecule has 6 rings (SSSR count). The summed E-state index contributed by atoms with van der Waals surface area (Å²) in [6.07, 6.45) is 7.21. The zero-order valence-corrected chi connectivity index (χ0v) is 55.7. The number of epoxide rings is 1. The molecule has 494 valence electrons. The molecule has 0 aromatic heterocycles. The van der Waals surface area contributed by atoms with Gasteiger partial charge in [-0.2, -0.15) is 0 Å². The van der Waals surface area contributed by atoms with Crippen LogP contribution in [0, 0.1) is 5.92 Å². The average molecular weight is 1360 g/mol. The second kappa shape index (κ2) is 33.4. The lowest BCUT2D eigenvalue weighted by molar-refractivity contribution is -0.162. The lowest BCUT2D eigenvalue weighted by Crippen LogP contribution is -2.63. The summed E-state index contributed by atoms with van der Waals surface area (Å²) in [5, 5.41) is 22.4. The van der Waals surface area contributed by atoms with Crippen LogP contribution < -0.4 is 35.6 Å². The predicted octanol–water partition coefficient (Wildman–Crippen LogP) is 7.78. The Morgan fingerprint density at radius 2 is 1.73 bits per heavy atom. The summed E-state index contributed by atoms with van der Waals surface area (Å²) < 4.78 is 40.7. The number of alkyl carbamates (subject to hydrolysis) is 1. The SMILES string of the molecule is COc1cc2cc(c1Cl)N(C)C(=O)C[C@H](OC(=O)[C@H](C)N(C)C(=O)CCSC(=O)N(C)CCN(C)C(=O)OCc1ccc(OC(=O)NC3/C=C/CCCCC3)c(NC(=O)CCNC(=O)CBr)c1)[C@]1(C)O[C@H]1[C@H](C)[C@@H]1C[C@@](O)(NC(=O)O1)[C@H](OC)/C=C/C=C(\C)C2. The van der Waals surface area contributed by atoms with Crippen molar-refractivity contribution in [3.8, 4) is 11.5 Å². The van der Waals surface area contributed by atoms with Crippen molar-refractivity contribution >= 4 is 104 Å². The number of carbonyl (C=O) groups is 9. The number of ether oxygens (including phenoxy) is 7. The number of esters is 1. The highest BCUT2D eigenvalue weighted by atomic mass is 79.9. The van der Waals surface area contributed by atoms with Crippen LogP contribution in [0.5, 0.6) is 11.5 Å². The quantitative estimate of drug-likeness (QED) is 0.0278. The molecule has 4 aliphatic rings. The third-order valence-corrected chi connectivity index (χ3v) is 18.1. The smallest absolute Gasteiger partial charge is 0.413 e. The van der Waals surface area contributed by atoms with Crippen molar-refractivity contribution in [2.45, 2.75) is 146 Å². The Morgan fingerprint density at radius 1 is 0.989 bits per heavy atom. The molecule has 2 aromatic carbocycles. The summed E-state index contributed by atoms with van der Waals surface area (Å²) in [4.78, 5) is 125. The van der Waals surface area contributed by atoms with Crippen LogP contribution in [-0.2, 0) is 60.7 Å². The third-order valence-electron chi connectivity index (χ3n) is 16.2. The monoisotopic (exact) mass is 1360 g/mol. The molecule has 8 amide bonds. The third kappa shape index (κ3) is 20.0. The molecule has 2 aromatic rings. The van der Waals surface area contributed by atoms with Crippen molar-refractivity contribution in [1.82, 2.24) is 30.7 Å². The average Bonchev–Trinajstić information content (AvgIpc) is 1.57. The van der Waals surface area contributed by atoms with E-state index in [1.165, 1.54) is 81.1 Å². The van der Waals surface area contributed by atoms with Crippen molar-refractivity contribution < 1.29 is 81.4 Å². The number of alkyl halides is 1. The topological polar surface area (TPSA) is 303 Å². The Bertz CT molecular complexity index is 3050. The molecule has 0 radical (unpaired) electrons. The fraction of sp³-hybridized carbons (Fsp3) is 0.565. The van der Waals surface area contributed by atoms with Gasteiger partial charge in [0.2, 0.25) is 23.6 Å². The Hall–Kier alpha value is -6.91. The molecule has 3 aliphatic heterocycles. The fourth-order valence-electron chi connectivity index (χ4n) is 10.5. The standard InChI is InChI=1S/C62H84BrClN8O17S/c1-37-17-16-20-48(84-10)62(82)34-47(87-58(79)68-62)38(2)55-61(4,89-55)49(33-53(76)72(8)44-31-41(29-37)32-46(83-9)54(44)64)88-56(77)39(3)71(7)52(75)24-28-90-60(81)70(6)27-26-69(5)59(80)85-36-40-21-22-45(43(30-40)67-50(73)23-25-65-51(74)35-63)86-57(78)66-42-18-14-12-11-13-15-19-42/h14,16-18,20-22,30-32,38-39,42,47-49,55,82H,11-13,15,19,23-29,33-36H2,1-10H3,(H,65,74)(H,66,78)(H,67,73)(H,68,79)/b18-14+,20-16+,37-17+/t38-,39+,42?,47+,48-,49+,55+,61+,62+/m1/s1. The van der Waals surface area contributed by atoms with E-state index in [0.717, 1.165) is 55.0 Å². The maximum Gasteiger partial charge on any atom is 0.413 e. The van der Waals surface area contributed by atoms with Gasteiger partial charge in [-0.3, -0.25) is 29.3 Å². The zero-order valence-electron chi connectivity index (χ0n) is 52.6. The first-order chi connectivity index (χ1) is 42.7. The Kier molecular flexibility index (Phi) is 26.8. The lowest BCUT2D eigenvalue weighted by Gasteiger charge is -2.42. The van der Waals surface area contributed by atoms with Gasteiger partial charge >= 0.3 is 24.2 Å². The van der Waals surface area contributed by atoms with Crippen LogP contribution in [0.1, 0.15) is 96.6 Å². The maximum atomic E-state index is 14.4. The van der Waals surface area contributed by atoms with Crippen LogP contribution >= 0.6 is 39.3 Å². The molecule has 4 bridgehead atoms. The largest absolute Gasteiger partial charge is 0.495 e. The number of hydrogen-bond donors (Lipinski definition) is 5. The highest BCUT2D eigenvalue weighted by Gasteiger charge is 2.64. The minimum absolute atomic E-state index is 0.0334. The van der Waals surface area contributed by atoms with Gasteiger partial charge in [-0.25, -0.2) is 19.2 Å². The molecule has 1 unspecified atom stereocenters. The van der Waals surface area contributed by atoms with E-state index in [0.29, 0.717) is 23.4 Å². The van der Waals surface area contributed by atoms with Gasteiger partial charge in [0.25, 0.3) is 5.24 Å². The number of anilines is 2. The van der Waals surface area contributed by atoms with Gasteiger partial charge in [0.05, 0.1) is 42.4 Å². The van der Waals surface area contributed by atoms with Gasteiger partial charge in [-0.05, 0) is 81.8 Å². The minimum atomic E-state index is -1.90. The van der Waals surface area contributed by atoms with Crippen molar-refractivity contribution in [1.29, 1.82) is 0 Å². The van der Waals surface area contributed by atoms with Crippen molar-refractivity contribution in [3.05, 3.63) is 82.4 Å². The summed E-state index contributed by atoms with van der Waals surface area (Å²) in [5.74, 6) is -2.85. The summed E-state index contributed by atoms with van der Waals surface area (Å²) in [7, 11) is 8.84. The molecule has 90 heavy (non-hydrogen) atoms. The molecular weight excluding hydrogens is 1280 g/mol. The predicted molar refractivity (Wildman–Crippen MR) is 341 cm³/mol. The van der Waals surface area contributed by atoms with Crippen LogP contribution in [-0.4, -0.2) is 194 Å². The molecule has 0 spiro atoms. The minimum Gasteiger partial charge on any atom is -0.495 e. The first kappa shape index (κ1) is 72.2. The second-order valence-corrected chi connectivity index (χ2v) is 25.0. The molecular formula is C62H84BrClN8O17S. The molecule has 1 aliphatic carbocycles. The number of nitrogens with zero attached hydrogens (tertiary/aromatic N) is 4. The van der Waals surface area contributed by atoms with Crippen molar-refractivity contribution in [2.24, 2.45) is 5.92 Å². The first-order valence-electron chi connectivity index (χ1n) is 29.7. The number of thioether (sulfide) groups is 1. The summed E-state index contributed by atoms with van der Waals surface area (Å²) in [5.41, 5.74) is -0.692. The summed E-state index contributed by atoms with van der Waals surface area (Å²) >= 11 is 10.8. The van der Waals surface area contributed by atoms with E-state index in [-0.39, 0.29) is 85.0 Å². The number of aliphatic hydroxyl groups is 1. The number of hydrogen-bond acceptors (Lipinski definition) is 18. The van der Waals surface area contributed by atoms with E-state index in [2.05, 4.69) is 37.2 Å². The number of nitrogens with one attached hydrogen (secondary N) is 4. The van der Waals surface area contributed by atoms with Crippen LogP contribution in [0.25, 0.3) is 0 Å². The number of likely N-dealkylation sites (N-methyl/N-ethyl adjacent to an activating group) is 3. The van der Waals surface area contributed by atoms with Gasteiger partial charge in [-0.15, -0.1) is 0 Å². The Morgan fingerprint density at radius 3 is 2.46 bits per heavy atom. The highest BCUT2D eigenvalue weighted by molar-refractivity contribution is 9.09. The number of fused-ring (bicyclic) bond motifs is 5. The highest BCUT2D eigenvalue weighted by Crippen LogP contribution is 2.49. The molecule has 2 fully saturated rings. The zero-order chi connectivity index (χ0) is 66.0. The molecule has 5 N–H and O–H groups in total. The number of amides is 8.